The quantitative estimate of drug-likeness (QED) is 0.829. The standard InChI is InChI=1S/C13H11Cl3N2OS.ClH/c14-7-1-8(15)10-9(2-7)20-12(11(10)16)13(19)18-5-6-3-17-4-6;/h1-2,6,17H,3-5H2,(H,18,19);1H. The average Bonchev–Trinajstić information content (AvgIpc) is 2.64. The van der Waals surface area contributed by atoms with Gasteiger partial charge in [0, 0.05) is 40.7 Å². The molecule has 1 amide bonds. The zero-order valence-corrected chi connectivity index (χ0v) is 14.6. The molecule has 1 aliphatic heterocycles. The van der Waals surface area contributed by atoms with Crippen LogP contribution in [0.15, 0.2) is 12.1 Å². The molecule has 1 aliphatic rings. The summed E-state index contributed by atoms with van der Waals surface area (Å²) >= 11 is 19.7. The molecule has 0 bridgehead atoms. The highest BCUT2D eigenvalue weighted by molar-refractivity contribution is 7.21. The monoisotopic (exact) mass is 384 g/mol. The van der Waals surface area contributed by atoms with Crippen molar-refractivity contribution in [1.29, 1.82) is 0 Å². The van der Waals surface area contributed by atoms with E-state index in [9.17, 15) is 4.79 Å². The number of carbonyl (C=O) groups excluding carboxylic acids is 1. The number of rotatable bonds is 3. The van der Waals surface area contributed by atoms with Crippen molar-refractivity contribution in [2.24, 2.45) is 5.92 Å². The number of hydrogen-bond donors (Lipinski definition) is 2. The van der Waals surface area contributed by atoms with E-state index in [4.69, 9.17) is 34.8 Å². The first-order valence-corrected chi connectivity index (χ1v) is 8.07. The Balaban J connectivity index is 0.00000161. The molecule has 3 rings (SSSR count). The topological polar surface area (TPSA) is 41.1 Å². The lowest BCUT2D eigenvalue weighted by atomic mass is 10.0. The summed E-state index contributed by atoms with van der Waals surface area (Å²) in [5.74, 6) is 0.348. The van der Waals surface area contributed by atoms with Crippen LogP contribution in [0.2, 0.25) is 15.1 Å². The highest BCUT2D eigenvalue weighted by atomic mass is 35.5. The van der Waals surface area contributed by atoms with Crippen LogP contribution in [0.4, 0.5) is 0 Å². The van der Waals surface area contributed by atoms with Crippen molar-refractivity contribution in [1.82, 2.24) is 10.6 Å². The molecule has 0 saturated carbocycles. The van der Waals surface area contributed by atoms with Crippen LogP contribution >= 0.6 is 58.5 Å². The van der Waals surface area contributed by atoms with Gasteiger partial charge in [0.15, 0.2) is 0 Å². The molecular formula is C13H12Cl4N2OS. The van der Waals surface area contributed by atoms with Gasteiger partial charge < -0.3 is 10.6 Å². The normalized spacial score (nSPS) is 14.6. The SMILES string of the molecule is Cl.O=C(NCC1CNC1)c1sc2cc(Cl)cc(Cl)c2c1Cl. The first-order chi connectivity index (χ1) is 9.56. The van der Waals surface area contributed by atoms with Crippen molar-refractivity contribution in [3.63, 3.8) is 0 Å². The molecule has 1 aromatic carbocycles. The average molecular weight is 386 g/mol. The summed E-state index contributed by atoms with van der Waals surface area (Å²) in [7, 11) is 0. The van der Waals surface area contributed by atoms with E-state index in [0.717, 1.165) is 17.8 Å². The first-order valence-electron chi connectivity index (χ1n) is 6.12. The van der Waals surface area contributed by atoms with Gasteiger partial charge in [0.1, 0.15) is 4.88 Å². The minimum absolute atomic E-state index is 0. The molecule has 0 spiro atoms. The Morgan fingerprint density at radius 2 is 2.05 bits per heavy atom. The number of amides is 1. The Morgan fingerprint density at radius 3 is 2.67 bits per heavy atom. The molecule has 3 nitrogen and oxygen atoms in total. The summed E-state index contributed by atoms with van der Waals surface area (Å²) in [4.78, 5) is 12.7. The maximum Gasteiger partial charge on any atom is 0.262 e. The predicted molar refractivity (Wildman–Crippen MR) is 92.8 cm³/mol. The number of carbonyl (C=O) groups is 1. The third-order valence-corrected chi connectivity index (χ3v) is 5.42. The van der Waals surface area contributed by atoms with Crippen LogP contribution in [0.3, 0.4) is 0 Å². The number of halogens is 4. The van der Waals surface area contributed by atoms with Gasteiger partial charge in [0.2, 0.25) is 0 Å². The van der Waals surface area contributed by atoms with Crippen LogP contribution < -0.4 is 10.6 Å². The zero-order chi connectivity index (χ0) is 14.3. The highest BCUT2D eigenvalue weighted by Gasteiger charge is 2.22. The molecule has 2 N–H and O–H groups in total. The van der Waals surface area contributed by atoms with E-state index in [-0.39, 0.29) is 18.3 Å². The van der Waals surface area contributed by atoms with E-state index in [1.165, 1.54) is 11.3 Å². The van der Waals surface area contributed by atoms with E-state index in [0.29, 0.717) is 37.8 Å². The van der Waals surface area contributed by atoms with Crippen molar-refractivity contribution in [3.05, 3.63) is 32.1 Å². The van der Waals surface area contributed by atoms with Crippen LogP contribution in [0.25, 0.3) is 10.1 Å². The van der Waals surface area contributed by atoms with Crippen LogP contribution in [0.5, 0.6) is 0 Å². The molecule has 1 fully saturated rings. The highest BCUT2D eigenvalue weighted by Crippen LogP contribution is 2.41. The molecule has 2 heterocycles. The Hall–Kier alpha value is -0.230. The van der Waals surface area contributed by atoms with Gasteiger partial charge in [0.25, 0.3) is 5.91 Å². The summed E-state index contributed by atoms with van der Waals surface area (Å²) in [5, 5.41) is 8.17. The fourth-order valence-corrected chi connectivity index (χ4v) is 4.36. The molecular weight excluding hydrogens is 374 g/mol. The summed E-state index contributed by atoms with van der Waals surface area (Å²) in [6.07, 6.45) is 0. The van der Waals surface area contributed by atoms with Crippen LogP contribution in [0.1, 0.15) is 9.67 Å². The summed E-state index contributed by atoms with van der Waals surface area (Å²) in [6, 6.07) is 3.40. The zero-order valence-electron chi connectivity index (χ0n) is 10.7. The molecule has 114 valence electrons. The van der Waals surface area contributed by atoms with Crippen molar-refractivity contribution in [2.45, 2.75) is 0 Å². The number of fused-ring (bicyclic) bond motifs is 1. The van der Waals surface area contributed by atoms with Gasteiger partial charge in [-0.15, -0.1) is 23.7 Å². The van der Waals surface area contributed by atoms with Crippen molar-refractivity contribution in [3.8, 4) is 0 Å². The molecule has 0 atom stereocenters. The Kier molecular flexibility index (Phi) is 5.63. The lowest BCUT2D eigenvalue weighted by Gasteiger charge is -2.26. The van der Waals surface area contributed by atoms with Crippen LogP contribution in [-0.2, 0) is 0 Å². The number of hydrogen-bond acceptors (Lipinski definition) is 3. The lowest BCUT2D eigenvalue weighted by Crippen LogP contribution is -2.48. The van der Waals surface area contributed by atoms with Gasteiger partial charge in [-0.25, -0.2) is 0 Å². The second-order valence-corrected chi connectivity index (χ2v) is 7.01. The maximum atomic E-state index is 12.2. The van der Waals surface area contributed by atoms with Crippen LogP contribution in [0, 0.1) is 5.92 Å². The Bertz CT molecular complexity index is 684. The third kappa shape index (κ3) is 3.41. The molecule has 1 aromatic heterocycles. The van der Waals surface area contributed by atoms with Gasteiger partial charge >= 0.3 is 0 Å². The number of thiophene rings is 1. The molecule has 0 aliphatic carbocycles. The fraction of sp³-hybridized carbons (Fsp3) is 0.308. The molecule has 21 heavy (non-hydrogen) atoms. The third-order valence-electron chi connectivity index (χ3n) is 3.27. The smallest absolute Gasteiger partial charge is 0.262 e. The molecule has 8 heteroatoms. The van der Waals surface area contributed by atoms with E-state index in [1.807, 2.05) is 0 Å². The minimum Gasteiger partial charge on any atom is -0.351 e. The summed E-state index contributed by atoms with van der Waals surface area (Å²) < 4.78 is 0.822. The van der Waals surface area contributed by atoms with Crippen LogP contribution in [-0.4, -0.2) is 25.5 Å². The fourth-order valence-electron chi connectivity index (χ4n) is 2.07. The second-order valence-electron chi connectivity index (χ2n) is 4.74. The lowest BCUT2D eigenvalue weighted by molar-refractivity contribution is 0.0946. The van der Waals surface area contributed by atoms with Gasteiger partial charge in [-0.3, -0.25) is 4.79 Å². The van der Waals surface area contributed by atoms with E-state index in [2.05, 4.69) is 10.6 Å². The molecule has 1 saturated heterocycles. The Morgan fingerprint density at radius 1 is 1.33 bits per heavy atom. The minimum atomic E-state index is -0.157. The van der Waals surface area contributed by atoms with E-state index >= 15 is 0 Å². The van der Waals surface area contributed by atoms with E-state index < -0.39 is 0 Å². The van der Waals surface area contributed by atoms with Gasteiger partial charge in [-0.05, 0) is 12.1 Å². The second kappa shape index (κ2) is 6.90. The summed E-state index contributed by atoms with van der Waals surface area (Å²) in [6.45, 7) is 2.55. The Labute approximate surface area is 147 Å². The maximum absolute atomic E-state index is 12.2. The van der Waals surface area contributed by atoms with Crippen molar-refractivity contribution < 1.29 is 4.79 Å². The largest absolute Gasteiger partial charge is 0.351 e. The molecule has 0 unspecified atom stereocenters. The van der Waals surface area contributed by atoms with Gasteiger partial charge in [0.05, 0.1) is 10.0 Å². The number of nitrogens with one attached hydrogen (secondary N) is 2. The summed E-state index contributed by atoms with van der Waals surface area (Å²) in [5.41, 5.74) is 0. The molecule has 0 radical (unpaired) electrons. The van der Waals surface area contributed by atoms with Crippen molar-refractivity contribution in [2.75, 3.05) is 19.6 Å². The van der Waals surface area contributed by atoms with Gasteiger partial charge in [-0.1, -0.05) is 34.8 Å². The van der Waals surface area contributed by atoms with Gasteiger partial charge in [-0.2, -0.15) is 0 Å². The van der Waals surface area contributed by atoms with Crippen molar-refractivity contribution >= 4 is 74.5 Å². The van der Waals surface area contributed by atoms with E-state index in [1.54, 1.807) is 12.1 Å². The molecule has 2 aromatic rings. The first kappa shape index (κ1) is 17.1. The number of benzene rings is 1. The predicted octanol–water partition coefficient (Wildman–Crippen LogP) is 4.23.